The molecule has 3 aromatic carbocycles. The first-order valence-corrected chi connectivity index (χ1v) is 12.9. The van der Waals surface area contributed by atoms with E-state index in [2.05, 4.69) is 38.4 Å². The molecule has 1 N–H and O–H groups in total. The van der Waals surface area contributed by atoms with Gasteiger partial charge in [0.25, 0.3) is 5.56 Å². The maximum atomic E-state index is 13.5. The summed E-state index contributed by atoms with van der Waals surface area (Å²) >= 11 is 0. The van der Waals surface area contributed by atoms with Crippen LogP contribution in [0.3, 0.4) is 0 Å². The number of halogens is 1. The van der Waals surface area contributed by atoms with Crippen LogP contribution in [0.4, 0.5) is 4.39 Å². The second-order valence-corrected chi connectivity index (χ2v) is 9.68. The number of methoxy groups -OCH3 is 1. The molecule has 1 atom stereocenters. The summed E-state index contributed by atoms with van der Waals surface area (Å²) in [7, 11) is 1.65. The van der Waals surface area contributed by atoms with Gasteiger partial charge in [0.2, 0.25) is 0 Å². The van der Waals surface area contributed by atoms with Crippen molar-refractivity contribution in [3.63, 3.8) is 0 Å². The second kappa shape index (κ2) is 11.6. The molecule has 0 aliphatic heterocycles. The van der Waals surface area contributed by atoms with Crippen LogP contribution in [0.2, 0.25) is 0 Å². The quantitative estimate of drug-likeness (QED) is 0.270. The number of hydrogen-bond acceptors (Lipinski definition) is 6. The van der Waals surface area contributed by atoms with E-state index in [0.29, 0.717) is 37.4 Å². The molecule has 200 valence electrons. The van der Waals surface area contributed by atoms with E-state index in [1.54, 1.807) is 23.9 Å². The van der Waals surface area contributed by atoms with E-state index >= 15 is 0 Å². The van der Waals surface area contributed by atoms with Gasteiger partial charge in [0.05, 0.1) is 19.7 Å². The van der Waals surface area contributed by atoms with Crippen molar-refractivity contribution in [3.8, 4) is 5.75 Å². The Morgan fingerprint density at radius 2 is 1.79 bits per heavy atom. The number of fused-ring (bicyclic) bond motifs is 1. The van der Waals surface area contributed by atoms with E-state index < -0.39 is 0 Å². The molecule has 8 nitrogen and oxygen atoms in total. The first-order chi connectivity index (χ1) is 18.9. The Morgan fingerprint density at radius 1 is 1.03 bits per heavy atom. The summed E-state index contributed by atoms with van der Waals surface area (Å²) in [5.41, 5.74) is 4.33. The van der Waals surface area contributed by atoms with Gasteiger partial charge in [-0.1, -0.05) is 48.9 Å². The molecule has 9 heteroatoms. The van der Waals surface area contributed by atoms with Crippen LogP contribution in [-0.2, 0) is 19.6 Å². The van der Waals surface area contributed by atoms with Gasteiger partial charge < -0.3 is 9.72 Å². The number of benzene rings is 3. The second-order valence-electron chi connectivity index (χ2n) is 9.68. The number of aromatic amines is 1. The van der Waals surface area contributed by atoms with Gasteiger partial charge in [-0.05, 0) is 71.1 Å². The summed E-state index contributed by atoms with van der Waals surface area (Å²) in [5.74, 6) is 1.15. The molecule has 0 unspecified atom stereocenters. The highest BCUT2D eigenvalue weighted by atomic mass is 19.1. The van der Waals surface area contributed by atoms with Gasteiger partial charge >= 0.3 is 0 Å². The van der Waals surface area contributed by atoms with Crippen molar-refractivity contribution < 1.29 is 9.13 Å². The fourth-order valence-electron chi connectivity index (χ4n) is 4.97. The molecule has 5 aromatic rings. The monoisotopic (exact) mass is 526 g/mol. The van der Waals surface area contributed by atoms with Crippen LogP contribution >= 0.6 is 0 Å². The zero-order chi connectivity index (χ0) is 27.4. The predicted octanol–water partition coefficient (Wildman–Crippen LogP) is 5.17. The number of para-hydroxylation sites is 1. The SMILES string of the molecule is CC[C@H](c1nnnn1Cc1ccc(F)cc1)N(Cc1ccccc1OC)Cc1cc2cc(C)ccc2[nH]c1=O. The summed E-state index contributed by atoms with van der Waals surface area (Å²) in [6.07, 6.45) is 0.698. The van der Waals surface area contributed by atoms with Gasteiger partial charge in [-0.15, -0.1) is 5.10 Å². The zero-order valence-corrected chi connectivity index (χ0v) is 22.3. The van der Waals surface area contributed by atoms with E-state index in [-0.39, 0.29) is 17.4 Å². The van der Waals surface area contributed by atoms with Crippen molar-refractivity contribution in [2.45, 2.75) is 45.9 Å². The van der Waals surface area contributed by atoms with Crippen molar-refractivity contribution in [2.75, 3.05) is 7.11 Å². The van der Waals surface area contributed by atoms with Gasteiger partial charge in [0.1, 0.15) is 11.6 Å². The molecule has 0 spiro atoms. The number of rotatable bonds is 10. The average molecular weight is 527 g/mol. The van der Waals surface area contributed by atoms with Gasteiger partial charge in [0.15, 0.2) is 5.82 Å². The summed E-state index contributed by atoms with van der Waals surface area (Å²) in [4.78, 5) is 18.4. The van der Waals surface area contributed by atoms with Gasteiger partial charge in [0, 0.05) is 29.7 Å². The first-order valence-electron chi connectivity index (χ1n) is 12.9. The summed E-state index contributed by atoms with van der Waals surface area (Å²) in [5, 5.41) is 13.6. The maximum Gasteiger partial charge on any atom is 0.252 e. The minimum atomic E-state index is -0.291. The third-order valence-electron chi connectivity index (χ3n) is 6.95. The summed E-state index contributed by atoms with van der Waals surface area (Å²) in [6, 6.07) is 21.9. The van der Waals surface area contributed by atoms with Crippen molar-refractivity contribution in [3.05, 3.63) is 117 Å². The number of ether oxygens (including phenoxy) is 1. The summed E-state index contributed by atoms with van der Waals surface area (Å²) in [6.45, 7) is 5.39. The van der Waals surface area contributed by atoms with Crippen molar-refractivity contribution >= 4 is 10.9 Å². The van der Waals surface area contributed by atoms with Crippen molar-refractivity contribution in [1.29, 1.82) is 0 Å². The third kappa shape index (κ3) is 5.88. The van der Waals surface area contributed by atoms with E-state index in [0.717, 1.165) is 33.3 Å². The lowest BCUT2D eigenvalue weighted by molar-refractivity contribution is 0.159. The molecule has 2 heterocycles. The highest BCUT2D eigenvalue weighted by molar-refractivity contribution is 5.79. The molecule has 0 saturated heterocycles. The third-order valence-corrected chi connectivity index (χ3v) is 6.95. The molecular formula is C30H31FN6O2. The Balaban J connectivity index is 1.54. The van der Waals surface area contributed by atoms with Crippen molar-refractivity contribution in [2.24, 2.45) is 0 Å². The number of aromatic nitrogens is 5. The van der Waals surface area contributed by atoms with Gasteiger partial charge in [-0.25, -0.2) is 9.07 Å². The van der Waals surface area contributed by atoms with Crippen molar-refractivity contribution in [1.82, 2.24) is 30.1 Å². The molecule has 0 radical (unpaired) electrons. The van der Waals surface area contributed by atoms with Crippen LogP contribution in [0.1, 0.15) is 47.5 Å². The number of hydrogen-bond donors (Lipinski definition) is 1. The Morgan fingerprint density at radius 3 is 2.56 bits per heavy atom. The fraction of sp³-hybridized carbons (Fsp3) is 0.267. The number of tetrazole rings is 1. The average Bonchev–Trinajstić information content (AvgIpc) is 3.39. The topological polar surface area (TPSA) is 88.9 Å². The standard InChI is InChI=1S/C30H31FN6O2/c1-4-27(29-33-34-35-37(29)17-21-10-12-25(31)13-11-21)36(18-22-7-5-6-8-28(22)39-3)19-24-16-23-15-20(2)9-14-26(23)32-30(24)38/h5-16,27H,4,17-19H2,1-3H3,(H,32,38)/t27-/m1/s1. The lowest BCUT2D eigenvalue weighted by atomic mass is 10.1. The fourth-order valence-corrected chi connectivity index (χ4v) is 4.97. The number of H-pyrrole nitrogens is 1. The summed E-state index contributed by atoms with van der Waals surface area (Å²) < 4.78 is 20.8. The Kier molecular flexibility index (Phi) is 7.79. The molecule has 0 amide bonds. The maximum absolute atomic E-state index is 13.5. The first kappa shape index (κ1) is 26.2. The van der Waals surface area contributed by atoms with Crippen LogP contribution in [-0.4, -0.2) is 37.2 Å². The molecular weight excluding hydrogens is 495 g/mol. The number of pyridine rings is 1. The molecule has 39 heavy (non-hydrogen) atoms. The highest BCUT2D eigenvalue weighted by Gasteiger charge is 2.27. The van der Waals surface area contributed by atoms with Crippen LogP contribution in [0.5, 0.6) is 5.75 Å². The van der Waals surface area contributed by atoms with Gasteiger partial charge in [-0.2, -0.15) is 0 Å². The smallest absolute Gasteiger partial charge is 0.252 e. The van der Waals surface area contributed by atoms with E-state index in [4.69, 9.17) is 4.74 Å². The molecule has 0 fully saturated rings. The molecule has 0 bridgehead atoms. The zero-order valence-electron chi connectivity index (χ0n) is 22.3. The van der Waals surface area contributed by atoms with Crippen LogP contribution in [0.25, 0.3) is 10.9 Å². The lowest BCUT2D eigenvalue weighted by Gasteiger charge is -2.30. The minimum absolute atomic E-state index is 0.128. The van der Waals surface area contributed by atoms with Crippen LogP contribution < -0.4 is 10.3 Å². The van der Waals surface area contributed by atoms with Crippen LogP contribution in [0.15, 0.2) is 77.6 Å². The van der Waals surface area contributed by atoms with Gasteiger partial charge in [-0.3, -0.25) is 9.69 Å². The number of nitrogens with one attached hydrogen (secondary N) is 1. The van der Waals surface area contributed by atoms with Crippen LogP contribution in [0, 0.1) is 12.7 Å². The highest BCUT2D eigenvalue weighted by Crippen LogP contribution is 2.29. The van der Waals surface area contributed by atoms with E-state index in [1.807, 2.05) is 49.4 Å². The molecule has 5 rings (SSSR count). The Bertz CT molecular complexity index is 1630. The number of aryl methyl sites for hydroxylation is 1. The minimum Gasteiger partial charge on any atom is -0.496 e. The largest absolute Gasteiger partial charge is 0.496 e. The molecule has 0 saturated carbocycles. The predicted molar refractivity (Wildman–Crippen MR) is 148 cm³/mol. The molecule has 2 aromatic heterocycles. The normalized spacial score (nSPS) is 12.2. The molecule has 0 aliphatic carbocycles. The number of nitrogens with zero attached hydrogens (tertiary/aromatic N) is 5. The Labute approximate surface area is 226 Å². The molecule has 0 aliphatic rings. The Hall–Kier alpha value is -4.37. The lowest BCUT2D eigenvalue weighted by Crippen LogP contribution is -2.32. The van der Waals surface area contributed by atoms with E-state index in [1.165, 1.54) is 12.1 Å². The van der Waals surface area contributed by atoms with E-state index in [9.17, 15) is 9.18 Å².